The Hall–Kier alpha value is -4.28. The van der Waals surface area contributed by atoms with Crippen molar-refractivity contribution in [1.29, 1.82) is 0 Å². The van der Waals surface area contributed by atoms with Crippen molar-refractivity contribution in [1.82, 2.24) is 9.96 Å². The monoisotopic (exact) mass is 582 g/mol. The molecule has 0 saturated carbocycles. The number of rotatable bonds is 4. The van der Waals surface area contributed by atoms with Crippen molar-refractivity contribution in [3.05, 3.63) is 59.7 Å². The highest BCUT2D eigenvalue weighted by atomic mass is 16.8. The first-order valence-corrected chi connectivity index (χ1v) is 13.8. The minimum atomic E-state index is -1.14. The number of amides is 2. The number of ether oxygens (including phenoxy) is 4. The Morgan fingerprint density at radius 3 is 1.93 bits per heavy atom. The van der Waals surface area contributed by atoms with Gasteiger partial charge in [-0.3, -0.25) is 9.74 Å². The Kier molecular flexibility index (Phi) is 8.70. The first kappa shape index (κ1) is 30.7. The number of methoxy groups -OCH3 is 1. The molecule has 2 amide bonds. The van der Waals surface area contributed by atoms with E-state index in [1.54, 1.807) is 41.5 Å². The van der Waals surface area contributed by atoms with Crippen LogP contribution in [0.15, 0.2) is 48.5 Å². The first-order valence-electron chi connectivity index (χ1n) is 13.8. The number of nitrogens with zero attached hydrogens (tertiary/aromatic N) is 2. The number of carbonyl (C=O) groups excluding carboxylic acids is 4. The van der Waals surface area contributed by atoms with E-state index in [2.05, 4.69) is 0 Å². The van der Waals surface area contributed by atoms with Gasteiger partial charge in [0.1, 0.15) is 23.9 Å². The summed E-state index contributed by atoms with van der Waals surface area (Å²) in [5.41, 5.74) is 2.42. The van der Waals surface area contributed by atoms with Crippen LogP contribution in [0.2, 0.25) is 0 Å². The second kappa shape index (κ2) is 11.9. The summed E-state index contributed by atoms with van der Waals surface area (Å²) in [5, 5.41) is 0.714. The lowest BCUT2D eigenvalue weighted by Crippen LogP contribution is -2.47. The van der Waals surface area contributed by atoms with Gasteiger partial charge in [0, 0.05) is 18.9 Å². The van der Waals surface area contributed by atoms with Crippen LogP contribution < -0.4 is 0 Å². The molecule has 0 unspecified atom stereocenters. The Bertz CT molecular complexity index is 1300. The normalized spacial score (nSPS) is 18.0. The second-order valence-corrected chi connectivity index (χ2v) is 12.2. The summed E-state index contributed by atoms with van der Waals surface area (Å²) in [6.45, 7) is 9.77. The van der Waals surface area contributed by atoms with Gasteiger partial charge in [0.2, 0.25) is 0 Å². The molecule has 4 rings (SSSR count). The molecule has 0 radical (unpaired) electrons. The lowest BCUT2D eigenvalue weighted by molar-refractivity contribution is -0.153. The lowest BCUT2D eigenvalue weighted by atomic mass is 9.98. The molecule has 1 aliphatic heterocycles. The van der Waals surface area contributed by atoms with Crippen LogP contribution in [0.3, 0.4) is 0 Å². The lowest BCUT2D eigenvalue weighted by Gasteiger charge is -2.30. The molecule has 0 N–H and O–H groups in total. The quantitative estimate of drug-likeness (QED) is 0.256. The molecule has 2 aromatic carbocycles. The number of hydroxylamine groups is 2. The van der Waals surface area contributed by atoms with Gasteiger partial charge < -0.3 is 18.9 Å². The molecular formula is C31H38N2O9. The topological polar surface area (TPSA) is 121 Å². The molecule has 11 heteroatoms. The fourth-order valence-corrected chi connectivity index (χ4v) is 5.14. The number of likely N-dealkylation sites (tertiary alicyclic amines) is 1. The number of benzene rings is 2. The van der Waals surface area contributed by atoms with Crippen LogP contribution in [0.5, 0.6) is 0 Å². The van der Waals surface area contributed by atoms with E-state index in [1.165, 1.54) is 12.0 Å². The van der Waals surface area contributed by atoms with E-state index in [-0.39, 0.29) is 25.5 Å². The van der Waals surface area contributed by atoms with E-state index < -0.39 is 47.6 Å². The minimum Gasteiger partial charge on any atom is -0.467 e. The van der Waals surface area contributed by atoms with Crippen LogP contribution in [-0.4, -0.2) is 77.8 Å². The molecule has 1 heterocycles. The molecule has 1 saturated heterocycles. The van der Waals surface area contributed by atoms with Crippen LogP contribution in [-0.2, 0) is 28.6 Å². The van der Waals surface area contributed by atoms with Gasteiger partial charge in [0.25, 0.3) is 0 Å². The van der Waals surface area contributed by atoms with Crippen molar-refractivity contribution in [3.8, 4) is 11.1 Å². The van der Waals surface area contributed by atoms with E-state index in [0.717, 1.165) is 22.3 Å². The number of hydrogen-bond acceptors (Lipinski definition) is 9. The van der Waals surface area contributed by atoms with Crippen molar-refractivity contribution < 1.29 is 43.0 Å². The van der Waals surface area contributed by atoms with Crippen molar-refractivity contribution in [2.75, 3.05) is 20.3 Å². The van der Waals surface area contributed by atoms with E-state index in [4.69, 9.17) is 23.8 Å². The highest BCUT2D eigenvalue weighted by Gasteiger charge is 2.47. The van der Waals surface area contributed by atoms with Gasteiger partial charge in [-0.25, -0.2) is 19.2 Å². The zero-order chi connectivity index (χ0) is 30.8. The van der Waals surface area contributed by atoms with E-state index in [1.807, 2.05) is 48.5 Å². The zero-order valence-corrected chi connectivity index (χ0v) is 25.0. The summed E-state index contributed by atoms with van der Waals surface area (Å²) in [7, 11) is 1.20. The van der Waals surface area contributed by atoms with Crippen molar-refractivity contribution in [3.63, 3.8) is 0 Å². The van der Waals surface area contributed by atoms with E-state index in [9.17, 15) is 19.2 Å². The maximum atomic E-state index is 13.5. The average Bonchev–Trinajstić information content (AvgIpc) is 3.48. The summed E-state index contributed by atoms with van der Waals surface area (Å²) in [6.07, 6.45) is -2.96. The maximum Gasteiger partial charge on any atom is 0.534 e. The fourth-order valence-electron chi connectivity index (χ4n) is 5.14. The predicted octanol–water partition coefficient (Wildman–Crippen LogP) is 5.66. The fraction of sp³-hybridized carbons (Fsp3) is 0.484. The number of esters is 1. The van der Waals surface area contributed by atoms with Gasteiger partial charge >= 0.3 is 24.3 Å². The third-order valence-corrected chi connectivity index (χ3v) is 6.79. The van der Waals surface area contributed by atoms with Crippen LogP contribution in [0.1, 0.15) is 65.0 Å². The van der Waals surface area contributed by atoms with Crippen LogP contribution >= 0.6 is 0 Å². The highest BCUT2D eigenvalue weighted by molar-refractivity contribution is 5.83. The molecule has 1 aliphatic carbocycles. The third kappa shape index (κ3) is 6.95. The molecule has 2 aromatic rings. The van der Waals surface area contributed by atoms with E-state index >= 15 is 0 Å². The summed E-state index contributed by atoms with van der Waals surface area (Å²) in [4.78, 5) is 58.4. The van der Waals surface area contributed by atoms with Crippen LogP contribution in [0, 0.1) is 0 Å². The maximum absolute atomic E-state index is 13.5. The largest absolute Gasteiger partial charge is 0.534 e. The molecule has 42 heavy (non-hydrogen) atoms. The number of fused-ring (bicyclic) bond motifs is 3. The van der Waals surface area contributed by atoms with Crippen LogP contribution in [0.25, 0.3) is 11.1 Å². The molecule has 0 spiro atoms. The molecule has 1 fully saturated rings. The second-order valence-electron chi connectivity index (χ2n) is 12.2. The molecule has 226 valence electrons. The van der Waals surface area contributed by atoms with Crippen molar-refractivity contribution >= 4 is 24.3 Å². The Morgan fingerprint density at radius 2 is 1.40 bits per heavy atom. The van der Waals surface area contributed by atoms with Gasteiger partial charge in [0.05, 0.1) is 13.2 Å². The summed E-state index contributed by atoms with van der Waals surface area (Å²) < 4.78 is 21.4. The molecule has 11 nitrogen and oxygen atoms in total. The van der Waals surface area contributed by atoms with Crippen molar-refractivity contribution in [2.45, 2.75) is 77.2 Å². The molecule has 0 bridgehead atoms. The van der Waals surface area contributed by atoms with Gasteiger partial charge in [-0.05, 0) is 63.8 Å². The molecule has 0 aromatic heterocycles. The van der Waals surface area contributed by atoms with Gasteiger partial charge in [0.15, 0.2) is 0 Å². The van der Waals surface area contributed by atoms with Gasteiger partial charge in [-0.15, -0.1) is 5.06 Å². The highest BCUT2D eigenvalue weighted by Crippen LogP contribution is 2.44. The first-order chi connectivity index (χ1) is 19.7. The number of hydrogen-bond donors (Lipinski definition) is 0. The molecular weight excluding hydrogens is 544 g/mol. The number of carbonyl (C=O) groups is 4. The minimum absolute atomic E-state index is 0.0338. The Balaban J connectivity index is 1.54. The molecule has 2 atom stereocenters. The van der Waals surface area contributed by atoms with Crippen molar-refractivity contribution in [2.24, 2.45) is 0 Å². The van der Waals surface area contributed by atoms with Crippen LogP contribution in [0.4, 0.5) is 14.4 Å². The molecule has 2 aliphatic rings. The predicted molar refractivity (Wildman–Crippen MR) is 151 cm³/mol. The average molecular weight is 583 g/mol. The summed E-state index contributed by atoms with van der Waals surface area (Å²) in [5.74, 6) is -0.891. The summed E-state index contributed by atoms with van der Waals surface area (Å²) in [6, 6.07) is 13.8. The third-order valence-electron chi connectivity index (χ3n) is 6.79. The van der Waals surface area contributed by atoms with E-state index in [0.29, 0.717) is 5.06 Å². The Labute approximate surface area is 245 Å². The SMILES string of the molecule is COC(=O)[C@@H]1C[C@@H](N(OC(=O)OC(C)(C)C)C(=O)OC(C)(C)C)CN1C(=O)OCC1c2ccccc2-c2ccccc21. The smallest absolute Gasteiger partial charge is 0.467 e. The van der Waals surface area contributed by atoms with Gasteiger partial charge in [-0.2, -0.15) is 0 Å². The summed E-state index contributed by atoms with van der Waals surface area (Å²) >= 11 is 0. The zero-order valence-electron chi connectivity index (χ0n) is 25.0. The standard InChI is InChI=1S/C31H38N2O9/c1-30(2,3)40-28(36)33(42-29(37)41-31(4,5)6)19-16-25(26(34)38-7)32(17-19)27(35)39-18-24-22-14-10-8-12-20(22)21-13-9-11-15-23(21)24/h8-15,19,24-25H,16-18H2,1-7H3/t19-,25+/m1/s1. The Morgan fingerprint density at radius 1 is 0.857 bits per heavy atom. The van der Waals surface area contributed by atoms with Gasteiger partial charge in [-0.1, -0.05) is 48.5 Å².